The zero-order valence-electron chi connectivity index (χ0n) is 11.6. The molecule has 0 bridgehead atoms. The van der Waals surface area contributed by atoms with E-state index in [0.29, 0.717) is 29.3 Å². The molecule has 2 rings (SSSR count). The Morgan fingerprint density at radius 2 is 2.00 bits per heavy atom. The predicted molar refractivity (Wildman–Crippen MR) is 74.1 cm³/mol. The third-order valence-corrected chi connectivity index (χ3v) is 3.05. The number of anilines is 1. The van der Waals surface area contributed by atoms with Crippen molar-refractivity contribution in [3.8, 4) is 0 Å². The van der Waals surface area contributed by atoms with Crippen LogP contribution < -0.4 is 5.73 Å². The SMILES string of the molecule is CCOC(=O)c1c(C)cc2c(N)nc(C)nc2c1C. The summed E-state index contributed by atoms with van der Waals surface area (Å²) in [6.45, 7) is 7.62. The first-order chi connectivity index (χ1) is 8.95. The fourth-order valence-corrected chi connectivity index (χ4v) is 2.25. The van der Waals surface area contributed by atoms with Gasteiger partial charge in [0.2, 0.25) is 0 Å². The fourth-order valence-electron chi connectivity index (χ4n) is 2.25. The standard InChI is InChI=1S/C14H17N3O2/c1-5-19-14(18)11-7(2)6-10-12(8(11)3)16-9(4)17-13(10)15/h6H,5H2,1-4H3,(H2,15,16,17). The Bertz CT molecular complexity index is 666. The lowest BCUT2D eigenvalue weighted by Crippen LogP contribution is -2.10. The van der Waals surface area contributed by atoms with E-state index in [0.717, 1.165) is 16.5 Å². The molecular weight excluding hydrogens is 242 g/mol. The molecule has 0 radical (unpaired) electrons. The second-order valence-electron chi connectivity index (χ2n) is 4.47. The molecule has 2 N–H and O–H groups in total. The zero-order valence-corrected chi connectivity index (χ0v) is 11.6. The fraction of sp³-hybridized carbons (Fsp3) is 0.357. The first-order valence-electron chi connectivity index (χ1n) is 6.16. The molecule has 0 amide bonds. The van der Waals surface area contributed by atoms with Gasteiger partial charge in [-0.1, -0.05) is 0 Å². The van der Waals surface area contributed by atoms with E-state index < -0.39 is 0 Å². The maximum atomic E-state index is 12.0. The van der Waals surface area contributed by atoms with E-state index in [2.05, 4.69) is 9.97 Å². The zero-order chi connectivity index (χ0) is 14.2. The molecule has 0 unspecified atom stereocenters. The van der Waals surface area contributed by atoms with Crippen LogP contribution in [0.1, 0.15) is 34.2 Å². The van der Waals surface area contributed by atoms with Crippen molar-refractivity contribution in [1.82, 2.24) is 9.97 Å². The first-order valence-corrected chi connectivity index (χ1v) is 6.16. The minimum atomic E-state index is -0.325. The molecule has 100 valence electrons. The van der Waals surface area contributed by atoms with Crippen molar-refractivity contribution in [2.75, 3.05) is 12.3 Å². The van der Waals surface area contributed by atoms with Gasteiger partial charge in [-0.05, 0) is 44.9 Å². The molecule has 0 spiro atoms. The minimum Gasteiger partial charge on any atom is -0.462 e. The Kier molecular flexibility index (Phi) is 3.38. The highest BCUT2D eigenvalue weighted by Gasteiger charge is 2.18. The van der Waals surface area contributed by atoms with Gasteiger partial charge in [0.05, 0.1) is 17.7 Å². The molecule has 0 atom stereocenters. The van der Waals surface area contributed by atoms with E-state index in [9.17, 15) is 4.79 Å². The molecule has 0 aliphatic rings. The summed E-state index contributed by atoms with van der Waals surface area (Å²) in [5, 5.41) is 0.772. The van der Waals surface area contributed by atoms with Crippen molar-refractivity contribution in [2.45, 2.75) is 27.7 Å². The molecule has 0 aliphatic carbocycles. The topological polar surface area (TPSA) is 78.1 Å². The van der Waals surface area contributed by atoms with Gasteiger partial charge >= 0.3 is 5.97 Å². The Balaban J connectivity index is 2.78. The van der Waals surface area contributed by atoms with Gasteiger partial charge in [0.1, 0.15) is 11.6 Å². The van der Waals surface area contributed by atoms with Crippen molar-refractivity contribution in [1.29, 1.82) is 0 Å². The summed E-state index contributed by atoms with van der Waals surface area (Å²) in [6, 6.07) is 1.84. The van der Waals surface area contributed by atoms with Gasteiger partial charge in [-0.25, -0.2) is 14.8 Å². The van der Waals surface area contributed by atoms with Gasteiger partial charge in [0, 0.05) is 5.39 Å². The van der Waals surface area contributed by atoms with Crippen molar-refractivity contribution >= 4 is 22.7 Å². The quantitative estimate of drug-likeness (QED) is 0.837. The number of hydrogen-bond acceptors (Lipinski definition) is 5. The molecule has 0 aliphatic heterocycles. The number of nitrogens with zero attached hydrogens (tertiary/aromatic N) is 2. The number of nitrogens with two attached hydrogens (primary N) is 1. The van der Waals surface area contributed by atoms with E-state index in [1.165, 1.54) is 0 Å². The largest absolute Gasteiger partial charge is 0.462 e. The lowest BCUT2D eigenvalue weighted by molar-refractivity contribution is 0.0525. The summed E-state index contributed by atoms with van der Waals surface area (Å²) in [4.78, 5) is 20.5. The molecule has 0 saturated carbocycles. The van der Waals surface area contributed by atoms with Crippen LogP contribution in [0.15, 0.2) is 6.07 Å². The van der Waals surface area contributed by atoms with Crippen LogP contribution in [0.25, 0.3) is 10.9 Å². The number of nitrogen functional groups attached to an aromatic ring is 1. The van der Waals surface area contributed by atoms with Crippen molar-refractivity contribution in [3.63, 3.8) is 0 Å². The predicted octanol–water partition coefficient (Wildman–Crippen LogP) is 2.31. The Morgan fingerprint density at radius 3 is 2.63 bits per heavy atom. The Morgan fingerprint density at radius 1 is 1.32 bits per heavy atom. The maximum Gasteiger partial charge on any atom is 0.338 e. The van der Waals surface area contributed by atoms with Gasteiger partial charge in [-0.15, -0.1) is 0 Å². The third kappa shape index (κ3) is 2.23. The van der Waals surface area contributed by atoms with Gasteiger partial charge in [-0.3, -0.25) is 0 Å². The van der Waals surface area contributed by atoms with Crippen LogP contribution in [-0.2, 0) is 4.74 Å². The molecule has 1 aromatic carbocycles. The summed E-state index contributed by atoms with van der Waals surface area (Å²) in [5.74, 6) is 0.699. The third-order valence-electron chi connectivity index (χ3n) is 3.05. The number of benzene rings is 1. The summed E-state index contributed by atoms with van der Waals surface area (Å²) < 4.78 is 5.09. The number of rotatable bonds is 2. The molecule has 5 nitrogen and oxygen atoms in total. The van der Waals surface area contributed by atoms with E-state index in [1.54, 1.807) is 13.8 Å². The number of fused-ring (bicyclic) bond motifs is 1. The normalized spacial score (nSPS) is 10.7. The number of esters is 1. The highest BCUT2D eigenvalue weighted by molar-refractivity contribution is 6.01. The molecule has 19 heavy (non-hydrogen) atoms. The van der Waals surface area contributed by atoms with Crippen LogP contribution in [-0.4, -0.2) is 22.5 Å². The second-order valence-corrected chi connectivity index (χ2v) is 4.47. The van der Waals surface area contributed by atoms with Crippen LogP contribution in [0.3, 0.4) is 0 Å². The van der Waals surface area contributed by atoms with Gasteiger partial charge in [-0.2, -0.15) is 0 Å². The second kappa shape index (κ2) is 4.84. The molecule has 0 saturated heterocycles. The van der Waals surface area contributed by atoms with Gasteiger partial charge in [0.15, 0.2) is 0 Å². The van der Waals surface area contributed by atoms with Gasteiger partial charge in [0.25, 0.3) is 0 Å². The highest BCUT2D eigenvalue weighted by Crippen LogP contribution is 2.27. The molecular formula is C14H17N3O2. The smallest absolute Gasteiger partial charge is 0.338 e. The van der Waals surface area contributed by atoms with Crippen molar-refractivity contribution in [3.05, 3.63) is 28.6 Å². The van der Waals surface area contributed by atoms with E-state index in [1.807, 2.05) is 19.9 Å². The number of ether oxygens (including phenoxy) is 1. The lowest BCUT2D eigenvalue weighted by atomic mass is 9.99. The van der Waals surface area contributed by atoms with E-state index in [4.69, 9.17) is 10.5 Å². The summed E-state index contributed by atoms with van der Waals surface area (Å²) in [6.07, 6.45) is 0. The van der Waals surface area contributed by atoms with Crippen LogP contribution >= 0.6 is 0 Å². The Hall–Kier alpha value is -2.17. The average molecular weight is 259 g/mol. The molecule has 5 heteroatoms. The number of carbonyl (C=O) groups is 1. The van der Waals surface area contributed by atoms with E-state index in [-0.39, 0.29) is 5.97 Å². The van der Waals surface area contributed by atoms with Crippen molar-refractivity contribution < 1.29 is 9.53 Å². The summed E-state index contributed by atoms with van der Waals surface area (Å²) in [7, 11) is 0. The first kappa shape index (κ1) is 13.3. The summed E-state index contributed by atoms with van der Waals surface area (Å²) >= 11 is 0. The molecule has 1 heterocycles. The van der Waals surface area contributed by atoms with Gasteiger partial charge < -0.3 is 10.5 Å². The minimum absolute atomic E-state index is 0.325. The van der Waals surface area contributed by atoms with Crippen LogP contribution in [0.2, 0.25) is 0 Å². The number of carbonyl (C=O) groups excluding carboxylic acids is 1. The van der Waals surface area contributed by atoms with Crippen molar-refractivity contribution in [2.24, 2.45) is 0 Å². The molecule has 1 aromatic heterocycles. The van der Waals surface area contributed by atoms with Crippen LogP contribution in [0.4, 0.5) is 5.82 Å². The number of aromatic nitrogens is 2. The number of aryl methyl sites for hydroxylation is 3. The number of hydrogen-bond donors (Lipinski definition) is 1. The summed E-state index contributed by atoms with van der Waals surface area (Å²) in [5.41, 5.74) is 8.79. The van der Waals surface area contributed by atoms with E-state index >= 15 is 0 Å². The van der Waals surface area contributed by atoms with Crippen LogP contribution in [0, 0.1) is 20.8 Å². The van der Waals surface area contributed by atoms with Crippen LogP contribution in [0.5, 0.6) is 0 Å². The Labute approximate surface area is 111 Å². The molecule has 0 fully saturated rings. The monoisotopic (exact) mass is 259 g/mol. The lowest BCUT2D eigenvalue weighted by Gasteiger charge is -2.13. The maximum absolute atomic E-state index is 12.0. The highest BCUT2D eigenvalue weighted by atomic mass is 16.5. The molecule has 2 aromatic rings. The average Bonchev–Trinajstić information content (AvgIpc) is 2.31.